The Kier molecular flexibility index (Phi) is 3.55. The quantitative estimate of drug-likeness (QED) is 0.794. The summed E-state index contributed by atoms with van der Waals surface area (Å²) in [6.07, 6.45) is 1.14. The molecule has 0 aliphatic carbocycles. The number of hydrogen-bond acceptors (Lipinski definition) is 1. The molecule has 0 saturated carbocycles. The summed E-state index contributed by atoms with van der Waals surface area (Å²) in [6.45, 7) is 4.39. The van der Waals surface area contributed by atoms with Crippen LogP contribution in [0, 0.1) is 5.92 Å². The zero-order valence-electron chi connectivity index (χ0n) is 8.76. The van der Waals surface area contributed by atoms with E-state index in [1.165, 1.54) is 5.56 Å². The fraction of sp³-hybridized carbons (Fsp3) is 0.500. The summed E-state index contributed by atoms with van der Waals surface area (Å²) < 4.78 is 0. The summed E-state index contributed by atoms with van der Waals surface area (Å²) in [4.78, 5) is 0. The molecule has 0 bridgehead atoms. The van der Waals surface area contributed by atoms with Crippen molar-refractivity contribution in [1.29, 1.82) is 0 Å². The van der Waals surface area contributed by atoms with Gasteiger partial charge in [-0.05, 0) is 55.1 Å². The van der Waals surface area contributed by atoms with Crippen LogP contribution in [0.4, 0.5) is 0 Å². The molecule has 3 heteroatoms. The predicted octanol–water partition coefficient (Wildman–Crippen LogP) is 3.71. The Balaban J connectivity index is 2.30. The van der Waals surface area contributed by atoms with E-state index >= 15 is 0 Å². The standard InChI is InChI=1S/C12H15Cl2N/c1-8-7-15-5-4-10(8)11-6-9(13)2-3-12(11)14/h2-3,6,8,10,15H,4-5,7H2,1H3. The first-order valence-corrected chi connectivity index (χ1v) is 6.09. The molecule has 1 heterocycles. The lowest BCUT2D eigenvalue weighted by molar-refractivity contribution is 0.349. The maximum atomic E-state index is 6.22. The van der Waals surface area contributed by atoms with Crippen molar-refractivity contribution < 1.29 is 0 Å². The Morgan fingerprint density at radius 3 is 2.87 bits per heavy atom. The van der Waals surface area contributed by atoms with Gasteiger partial charge in [-0.2, -0.15) is 0 Å². The number of hydrogen-bond donors (Lipinski definition) is 1. The Bertz CT molecular complexity index is 351. The zero-order chi connectivity index (χ0) is 10.8. The number of rotatable bonds is 1. The van der Waals surface area contributed by atoms with Crippen molar-refractivity contribution in [3.63, 3.8) is 0 Å². The fourth-order valence-electron chi connectivity index (χ4n) is 2.27. The van der Waals surface area contributed by atoms with E-state index in [4.69, 9.17) is 23.2 Å². The van der Waals surface area contributed by atoms with Crippen molar-refractivity contribution in [3.05, 3.63) is 33.8 Å². The van der Waals surface area contributed by atoms with E-state index in [2.05, 4.69) is 12.2 Å². The SMILES string of the molecule is CC1CNCCC1c1cc(Cl)ccc1Cl. The summed E-state index contributed by atoms with van der Waals surface area (Å²) in [6, 6.07) is 5.75. The molecule has 2 rings (SSSR count). The van der Waals surface area contributed by atoms with Gasteiger partial charge in [0, 0.05) is 10.0 Å². The first kappa shape index (κ1) is 11.3. The molecule has 1 aromatic rings. The van der Waals surface area contributed by atoms with E-state index in [-0.39, 0.29) is 0 Å². The second-order valence-electron chi connectivity index (χ2n) is 4.24. The largest absolute Gasteiger partial charge is 0.316 e. The van der Waals surface area contributed by atoms with Gasteiger partial charge in [0.25, 0.3) is 0 Å². The minimum atomic E-state index is 0.539. The van der Waals surface area contributed by atoms with E-state index in [9.17, 15) is 0 Å². The summed E-state index contributed by atoms with van der Waals surface area (Å²) >= 11 is 12.2. The highest BCUT2D eigenvalue weighted by atomic mass is 35.5. The molecule has 0 aromatic heterocycles. The Morgan fingerprint density at radius 1 is 1.33 bits per heavy atom. The van der Waals surface area contributed by atoms with Crippen LogP contribution in [-0.4, -0.2) is 13.1 Å². The molecule has 1 aromatic carbocycles. The molecule has 1 aliphatic heterocycles. The van der Waals surface area contributed by atoms with Crippen LogP contribution in [0.1, 0.15) is 24.8 Å². The lowest BCUT2D eigenvalue weighted by atomic mass is 9.82. The maximum absolute atomic E-state index is 6.22. The Labute approximate surface area is 101 Å². The van der Waals surface area contributed by atoms with Gasteiger partial charge in [-0.25, -0.2) is 0 Å². The van der Waals surface area contributed by atoms with Crippen LogP contribution in [0.2, 0.25) is 10.0 Å². The van der Waals surface area contributed by atoms with Crippen LogP contribution in [0.15, 0.2) is 18.2 Å². The second kappa shape index (κ2) is 4.73. The highest BCUT2D eigenvalue weighted by Gasteiger charge is 2.24. The van der Waals surface area contributed by atoms with Gasteiger partial charge in [0.2, 0.25) is 0 Å². The molecular formula is C12H15Cl2N. The molecule has 2 unspecified atom stereocenters. The van der Waals surface area contributed by atoms with Gasteiger partial charge in [-0.1, -0.05) is 30.1 Å². The lowest BCUT2D eigenvalue weighted by Gasteiger charge is -2.30. The molecule has 82 valence electrons. The average molecular weight is 244 g/mol. The molecular weight excluding hydrogens is 229 g/mol. The van der Waals surface area contributed by atoms with Crippen LogP contribution in [-0.2, 0) is 0 Å². The molecule has 1 nitrogen and oxygen atoms in total. The van der Waals surface area contributed by atoms with Crippen LogP contribution >= 0.6 is 23.2 Å². The van der Waals surface area contributed by atoms with Gasteiger partial charge in [0.15, 0.2) is 0 Å². The molecule has 0 spiro atoms. The van der Waals surface area contributed by atoms with E-state index in [0.29, 0.717) is 11.8 Å². The number of nitrogens with one attached hydrogen (secondary N) is 1. The minimum absolute atomic E-state index is 0.539. The molecule has 2 atom stereocenters. The highest BCUT2D eigenvalue weighted by molar-refractivity contribution is 6.33. The van der Waals surface area contributed by atoms with Crippen molar-refractivity contribution in [2.75, 3.05) is 13.1 Å². The Morgan fingerprint density at radius 2 is 2.13 bits per heavy atom. The predicted molar refractivity (Wildman–Crippen MR) is 65.9 cm³/mol. The molecule has 1 saturated heterocycles. The van der Waals surface area contributed by atoms with Crippen LogP contribution < -0.4 is 5.32 Å². The van der Waals surface area contributed by atoms with Gasteiger partial charge in [0.05, 0.1) is 0 Å². The van der Waals surface area contributed by atoms with Crippen LogP contribution in [0.25, 0.3) is 0 Å². The number of benzene rings is 1. The smallest absolute Gasteiger partial charge is 0.0441 e. The van der Waals surface area contributed by atoms with E-state index in [1.807, 2.05) is 18.2 Å². The zero-order valence-corrected chi connectivity index (χ0v) is 10.3. The third-order valence-corrected chi connectivity index (χ3v) is 3.72. The molecule has 0 radical (unpaired) electrons. The minimum Gasteiger partial charge on any atom is -0.316 e. The monoisotopic (exact) mass is 243 g/mol. The number of halogens is 2. The fourth-order valence-corrected chi connectivity index (χ4v) is 2.71. The first-order valence-electron chi connectivity index (χ1n) is 5.34. The maximum Gasteiger partial charge on any atom is 0.0441 e. The Hall–Kier alpha value is -0.240. The molecule has 0 amide bonds. The highest BCUT2D eigenvalue weighted by Crippen LogP contribution is 2.35. The summed E-state index contributed by atoms with van der Waals surface area (Å²) in [5.74, 6) is 1.16. The second-order valence-corrected chi connectivity index (χ2v) is 5.09. The topological polar surface area (TPSA) is 12.0 Å². The van der Waals surface area contributed by atoms with Crippen LogP contribution in [0.5, 0.6) is 0 Å². The van der Waals surface area contributed by atoms with Gasteiger partial charge in [-0.15, -0.1) is 0 Å². The van der Waals surface area contributed by atoms with Crippen LogP contribution in [0.3, 0.4) is 0 Å². The van der Waals surface area contributed by atoms with Crippen molar-refractivity contribution in [3.8, 4) is 0 Å². The molecule has 1 N–H and O–H groups in total. The third kappa shape index (κ3) is 2.47. The van der Waals surface area contributed by atoms with Crippen molar-refractivity contribution >= 4 is 23.2 Å². The van der Waals surface area contributed by atoms with E-state index in [1.54, 1.807) is 0 Å². The van der Waals surface area contributed by atoms with Gasteiger partial charge >= 0.3 is 0 Å². The average Bonchev–Trinajstić information content (AvgIpc) is 2.23. The normalized spacial score (nSPS) is 26.6. The molecule has 15 heavy (non-hydrogen) atoms. The summed E-state index contributed by atoms with van der Waals surface area (Å²) in [5.41, 5.74) is 1.21. The lowest BCUT2D eigenvalue weighted by Crippen LogP contribution is -2.33. The number of piperidine rings is 1. The van der Waals surface area contributed by atoms with Crippen molar-refractivity contribution in [2.45, 2.75) is 19.3 Å². The van der Waals surface area contributed by atoms with Gasteiger partial charge in [0.1, 0.15) is 0 Å². The van der Waals surface area contributed by atoms with Crippen molar-refractivity contribution in [1.82, 2.24) is 5.32 Å². The summed E-state index contributed by atoms with van der Waals surface area (Å²) in [5, 5.41) is 5.02. The van der Waals surface area contributed by atoms with Crippen molar-refractivity contribution in [2.24, 2.45) is 5.92 Å². The summed E-state index contributed by atoms with van der Waals surface area (Å²) in [7, 11) is 0. The van der Waals surface area contributed by atoms with Gasteiger partial charge < -0.3 is 5.32 Å². The third-order valence-electron chi connectivity index (χ3n) is 3.14. The first-order chi connectivity index (χ1) is 7.18. The molecule has 1 fully saturated rings. The van der Waals surface area contributed by atoms with E-state index < -0.39 is 0 Å². The molecule has 1 aliphatic rings. The van der Waals surface area contributed by atoms with E-state index in [0.717, 1.165) is 29.6 Å². The van der Waals surface area contributed by atoms with Gasteiger partial charge in [-0.3, -0.25) is 0 Å².